The van der Waals surface area contributed by atoms with E-state index in [0.717, 1.165) is 0 Å². The molecular formula is C22H22N4O6. The summed E-state index contributed by atoms with van der Waals surface area (Å²) in [6.45, 7) is 0.885. The molecule has 2 N–H and O–H groups in total. The van der Waals surface area contributed by atoms with Crippen LogP contribution >= 0.6 is 0 Å². The molecule has 2 aromatic rings. The predicted molar refractivity (Wildman–Crippen MR) is 120 cm³/mol. The standard InChI is InChI=1S/C22H22N4O6/c27-21(13-7-17-3-9-19(10-4-17)25(29)30)23-15-1-2-16-24-22(28)14-8-18-5-11-20(12-6-18)26(31)32/h3-14H,1-2,15-16H2,(H,23,27)(H,24,28). The average Bonchev–Trinajstić information content (AvgIpc) is 2.79. The minimum atomic E-state index is -0.488. The Labute approximate surface area is 183 Å². The zero-order valence-corrected chi connectivity index (χ0v) is 17.1. The van der Waals surface area contributed by atoms with Crippen LogP contribution in [0.1, 0.15) is 24.0 Å². The fourth-order valence-electron chi connectivity index (χ4n) is 2.55. The third-order valence-corrected chi connectivity index (χ3v) is 4.26. The third-order valence-electron chi connectivity index (χ3n) is 4.26. The maximum Gasteiger partial charge on any atom is 0.269 e. The SMILES string of the molecule is O=C(C=Cc1ccc([N+](=O)[O-])cc1)NCCCCNC(=O)C=Cc1ccc([N+](=O)[O-])cc1. The van der Waals surface area contributed by atoms with Gasteiger partial charge in [0.1, 0.15) is 0 Å². The number of rotatable bonds is 11. The van der Waals surface area contributed by atoms with Crippen LogP contribution in [0.4, 0.5) is 11.4 Å². The molecule has 0 saturated heterocycles. The van der Waals surface area contributed by atoms with Gasteiger partial charge in [-0.1, -0.05) is 0 Å². The Kier molecular flexibility index (Phi) is 9.26. The normalized spacial score (nSPS) is 10.9. The first-order valence-electron chi connectivity index (χ1n) is 9.76. The van der Waals surface area contributed by atoms with Crippen LogP contribution < -0.4 is 10.6 Å². The lowest BCUT2D eigenvalue weighted by Gasteiger charge is -2.04. The summed E-state index contributed by atoms with van der Waals surface area (Å²) >= 11 is 0. The number of amides is 2. The van der Waals surface area contributed by atoms with Crippen molar-refractivity contribution in [3.8, 4) is 0 Å². The van der Waals surface area contributed by atoms with E-state index in [9.17, 15) is 29.8 Å². The number of nitro groups is 2. The largest absolute Gasteiger partial charge is 0.353 e. The number of nitrogens with one attached hydrogen (secondary N) is 2. The van der Waals surface area contributed by atoms with E-state index in [1.165, 1.54) is 36.4 Å². The van der Waals surface area contributed by atoms with Crippen molar-refractivity contribution in [2.45, 2.75) is 12.8 Å². The van der Waals surface area contributed by atoms with E-state index >= 15 is 0 Å². The highest BCUT2D eigenvalue weighted by Crippen LogP contribution is 2.13. The minimum Gasteiger partial charge on any atom is -0.353 e. The zero-order valence-electron chi connectivity index (χ0n) is 17.1. The van der Waals surface area contributed by atoms with Crippen molar-refractivity contribution in [2.75, 3.05) is 13.1 Å². The number of hydrogen-bond donors (Lipinski definition) is 2. The highest BCUT2D eigenvalue weighted by Gasteiger charge is 2.04. The second kappa shape index (κ2) is 12.4. The van der Waals surface area contributed by atoms with Crippen LogP contribution in [0.2, 0.25) is 0 Å². The molecule has 0 aliphatic carbocycles. The van der Waals surface area contributed by atoms with E-state index in [1.807, 2.05) is 0 Å². The summed E-state index contributed by atoms with van der Waals surface area (Å²) in [5.41, 5.74) is 1.33. The van der Waals surface area contributed by atoms with Gasteiger partial charge in [-0.05, 0) is 60.4 Å². The van der Waals surface area contributed by atoms with E-state index in [1.54, 1.807) is 36.4 Å². The number of non-ortho nitro benzene ring substituents is 2. The maximum absolute atomic E-state index is 11.8. The van der Waals surface area contributed by atoms with Crippen LogP contribution in [0.3, 0.4) is 0 Å². The molecule has 2 rings (SSSR count). The van der Waals surface area contributed by atoms with Crippen LogP contribution in [-0.2, 0) is 9.59 Å². The molecule has 10 nitrogen and oxygen atoms in total. The second-order valence-corrected chi connectivity index (χ2v) is 6.65. The quantitative estimate of drug-likeness (QED) is 0.238. The summed E-state index contributed by atoms with van der Waals surface area (Å²) in [4.78, 5) is 43.8. The number of benzene rings is 2. The van der Waals surface area contributed by atoms with Crippen molar-refractivity contribution in [1.29, 1.82) is 0 Å². The summed E-state index contributed by atoms with van der Waals surface area (Å²) in [5.74, 6) is -0.558. The maximum atomic E-state index is 11.8. The number of hydrogen-bond acceptors (Lipinski definition) is 6. The van der Waals surface area contributed by atoms with Gasteiger partial charge < -0.3 is 10.6 Å². The van der Waals surface area contributed by atoms with Crippen LogP contribution in [0, 0.1) is 20.2 Å². The van der Waals surface area contributed by atoms with Crippen molar-refractivity contribution in [1.82, 2.24) is 10.6 Å². The number of nitrogens with zero attached hydrogens (tertiary/aromatic N) is 2. The van der Waals surface area contributed by atoms with Crippen LogP contribution in [0.25, 0.3) is 12.2 Å². The summed E-state index contributed by atoms with van der Waals surface area (Å²) < 4.78 is 0. The molecule has 32 heavy (non-hydrogen) atoms. The van der Waals surface area contributed by atoms with E-state index < -0.39 is 9.85 Å². The lowest BCUT2D eigenvalue weighted by molar-refractivity contribution is -0.385. The molecule has 0 fully saturated rings. The molecule has 0 bridgehead atoms. The number of carbonyl (C=O) groups excluding carboxylic acids is 2. The molecule has 0 heterocycles. The fraction of sp³-hybridized carbons (Fsp3) is 0.182. The topological polar surface area (TPSA) is 144 Å². The van der Waals surface area contributed by atoms with Gasteiger partial charge in [0.2, 0.25) is 11.8 Å². The first-order chi connectivity index (χ1) is 15.3. The van der Waals surface area contributed by atoms with Crippen LogP contribution in [-0.4, -0.2) is 34.8 Å². The summed E-state index contributed by atoms with van der Waals surface area (Å²) in [7, 11) is 0. The monoisotopic (exact) mass is 438 g/mol. The van der Waals surface area contributed by atoms with Gasteiger partial charge in [0.05, 0.1) is 9.85 Å². The van der Waals surface area contributed by atoms with Gasteiger partial charge in [0.15, 0.2) is 0 Å². The lowest BCUT2D eigenvalue weighted by atomic mass is 10.2. The average molecular weight is 438 g/mol. The Hall–Kier alpha value is -4.34. The predicted octanol–water partition coefficient (Wildman–Crippen LogP) is 3.24. The Balaban J connectivity index is 1.60. The molecule has 2 aromatic carbocycles. The Morgan fingerprint density at radius 3 is 1.34 bits per heavy atom. The first-order valence-corrected chi connectivity index (χ1v) is 9.76. The minimum absolute atomic E-state index is 0.0134. The molecule has 0 spiro atoms. The van der Waals surface area contributed by atoms with Gasteiger partial charge in [0.25, 0.3) is 11.4 Å². The van der Waals surface area contributed by atoms with Crippen molar-refractivity contribution in [3.05, 3.63) is 92.0 Å². The summed E-state index contributed by atoms with van der Waals surface area (Å²) in [5, 5.41) is 26.7. The first kappa shape index (κ1) is 23.9. The van der Waals surface area contributed by atoms with Crippen molar-refractivity contribution >= 4 is 35.3 Å². The molecule has 2 amide bonds. The highest BCUT2D eigenvalue weighted by molar-refractivity contribution is 5.92. The van der Waals surface area contributed by atoms with E-state index in [2.05, 4.69) is 10.6 Å². The van der Waals surface area contributed by atoms with Crippen LogP contribution in [0.5, 0.6) is 0 Å². The smallest absolute Gasteiger partial charge is 0.269 e. The van der Waals surface area contributed by atoms with Crippen molar-refractivity contribution in [2.24, 2.45) is 0 Å². The molecule has 0 atom stereocenters. The van der Waals surface area contributed by atoms with E-state index in [-0.39, 0.29) is 23.2 Å². The van der Waals surface area contributed by atoms with Gasteiger partial charge in [-0.2, -0.15) is 0 Å². The fourth-order valence-corrected chi connectivity index (χ4v) is 2.55. The van der Waals surface area contributed by atoms with Gasteiger partial charge >= 0.3 is 0 Å². The van der Waals surface area contributed by atoms with E-state index in [0.29, 0.717) is 37.1 Å². The number of carbonyl (C=O) groups is 2. The van der Waals surface area contributed by atoms with Gasteiger partial charge in [-0.15, -0.1) is 0 Å². The number of unbranched alkanes of at least 4 members (excludes halogenated alkanes) is 1. The Morgan fingerprint density at radius 2 is 1.03 bits per heavy atom. The molecule has 10 heteroatoms. The molecule has 0 radical (unpaired) electrons. The summed E-state index contributed by atoms with van der Waals surface area (Å²) in [6, 6.07) is 11.7. The zero-order chi connectivity index (χ0) is 23.3. The lowest BCUT2D eigenvalue weighted by Crippen LogP contribution is -2.25. The molecule has 0 aromatic heterocycles. The third kappa shape index (κ3) is 8.57. The summed E-state index contributed by atoms with van der Waals surface area (Å²) in [6.07, 6.45) is 7.18. The van der Waals surface area contributed by atoms with Crippen molar-refractivity contribution < 1.29 is 19.4 Å². The second-order valence-electron chi connectivity index (χ2n) is 6.65. The molecule has 0 aliphatic rings. The highest BCUT2D eigenvalue weighted by atomic mass is 16.6. The Morgan fingerprint density at radius 1 is 0.688 bits per heavy atom. The van der Waals surface area contributed by atoms with E-state index in [4.69, 9.17) is 0 Å². The molecule has 0 saturated carbocycles. The number of nitro benzene ring substituents is 2. The molecular weight excluding hydrogens is 416 g/mol. The molecule has 0 aliphatic heterocycles. The van der Waals surface area contributed by atoms with Gasteiger partial charge in [-0.3, -0.25) is 29.8 Å². The van der Waals surface area contributed by atoms with Gasteiger partial charge in [-0.25, -0.2) is 0 Å². The van der Waals surface area contributed by atoms with Gasteiger partial charge in [0, 0.05) is 49.5 Å². The molecule has 0 unspecified atom stereocenters. The molecule has 166 valence electrons. The van der Waals surface area contributed by atoms with Crippen molar-refractivity contribution in [3.63, 3.8) is 0 Å². The van der Waals surface area contributed by atoms with Crippen LogP contribution in [0.15, 0.2) is 60.7 Å². The Bertz CT molecular complexity index is 930.